The maximum Gasteiger partial charge on any atom is 0.315 e. The molecule has 0 bridgehead atoms. The van der Waals surface area contributed by atoms with Gasteiger partial charge in [-0.25, -0.2) is 9.78 Å². The van der Waals surface area contributed by atoms with Crippen molar-refractivity contribution < 1.29 is 9.53 Å². The fraction of sp³-hybridized carbons (Fsp3) is 0.471. The van der Waals surface area contributed by atoms with Crippen LogP contribution >= 0.6 is 0 Å². The van der Waals surface area contributed by atoms with E-state index in [2.05, 4.69) is 20.7 Å². The molecule has 2 N–H and O–H groups in total. The molecule has 1 atom stereocenters. The van der Waals surface area contributed by atoms with E-state index in [1.165, 1.54) is 5.56 Å². The van der Waals surface area contributed by atoms with Gasteiger partial charge in [0.2, 0.25) is 5.88 Å². The van der Waals surface area contributed by atoms with Crippen LogP contribution in [-0.4, -0.2) is 33.9 Å². The molecule has 0 radical (unpaired) electrons. The lowest BCUT2D eigenvalue weighted by molar-refractivity contribution is 0.237. The monoisotopic (exact) mass is 331 g/mol. The van der Waals surface area contributed by atoms with E-state index in [1.807, 2.05) is 38.6 Å². The van der Waals surface area contributed by atoms with E-state index in [0.29, 0.717) is 12.4 Å². The Balaban J connectivity index is 1.85. The lowest BCUT2D eigenvalue weighted by atomic mass is 10.1. The molecule has 2 heterocycles. The van der Waals surface area contributed by atoms with Crippen molar-refractivity contribution in [3.63, 3.8) is 0 Å². The fourth-order valence-electron chi connectivity index (χ4n) is 2.60. The van der Waals surface area contributed by atoms with Crippen molar-refractivity contribution in [3.8, 4) is 5.88 Å². The highest BCUT2D eigenvalue weighted by Crippen LogP contribution is 2.14. The number of aromatic nitrogens is 3. The average Bonchev–Trinajstić information content (AvgIpc) is 2.79. The molecule has 7 heteroatoms. The molecular formula is C17H25N5O2. The van der Waals surface area contributed by atoms with Crippen LogP contribution in [0.2, 0.25) is 0 Å². The summed E-state index contributed by atoms with van der Waals surface area (Å²) in [6.07, 6.45) is 2.41. The molecule has 0 saturated heterocycles. The van der Waals surface area contributed by atoms with Crippen LogP contribution in [0.4, 0.5) is 4.79 Å². The number of hydrogen-bond acceptors (Lipinski definition) is 4. The second-order valence-corrected chi connectivity index (χ2v) is 5.91. The molecule has 0 aromatic carbocycles. The Hall–Kier alpha value is -2.57. The van der Waals surface area contributed by atoms with Gasteiger partial charge in [-0.2, -0.15) is 5.10 Å². The molecule has 7 nitrogen and oxygen atoms in total. The first-order valence-corrected chi connectivity index (χ1v) is 7.93. The summed E-state index contributed by atoms with van der Waals surface area (Å²) in [6, 6.07) is 3.46. The van der Waals surface area contributed by atoms with Crippen LogP contribution in [0, 0.1) is 13.8 Å². The number of nitrogens with one attached hydrogen (secondary N) is 2. The Kier molecular flexibility index (Phi) is 5.78. The molecule has 2 amide bonds. The number of ether oxygens (including phenoxy) is 1. The quantitative estimate of drug-likeness (QED) is 0.847. The minimum absolute atomic E-state index is 0.0126. The third-order valence-corrected chi connectivity index (χ3v) is 4.01. The lowest BCUT2D eigenvalue weighted by Crippen LogP contribution is -2.41. The van der Waals surface area contributed by atoms with Crippen molar-refractivity contribution in [1.82, 2.24) is 25.4 Å². The Morgan fingerprint density at radius 3 is 2.79 bits per heavy atom. The number of aryl methyl sites for hydroxylation is 2. The largest absolute Gasteiger partial charge is 0.481 e. The van der Waals surface area contributed by atoms with Crippen LogP contribution in [0.15, 0.2) is 18.3 Å². The number of pyridine rings is 1. The van der Waals surface area contributed by atoms with E-state index in [0.717, 1.165) is 23.4 Å². The van der Waals surface area contributed by atoms with Gasteiger partial charge in [0.05, 0.1) is 12.8 Å². The van der Waals surface area contributed by atoms with Gasteiger partial charge in [-0.15, -0.1) is 0 Å². The van der Waals surface area contributed by atoms with Crippen LogP contribution in [0.1, 0.15) is 29.4 Å². The van der Waals surface area contributed by atoms with E-state index < -0.39 is 0 Å². The molecule has 130 valence electrons. The van der Waals surface area contributed by atoms with Crippen molar-refractivity contribution >= 4 is 6.03 Å². The number of amides is 2. The highest BCUT2D eigenvalue weighted by atomic mass is 16.5. The summed E-state index contributed by atoms with van der Waals surface area (Å²) in [5, 5.41) is 10.2. The maximum absolute atomic E-state index is 12.1. The van der Waals surface area contributed by atoms with Crippen molar-refractivity contribution in [2.75, 3.05) is 7.11 Å². The first-order valence-electron chi connectivity index (χ1n) is 7.93. The summed E-state index contributed by atoms with van der Waals surface area (Å²) in [5.74, 6) is 0.533. The number of hydrogen-bond donors (Lipinski definition) is 2. The van der Waals surface area contributed by atoms with Crippen LogP contribution in [0.25, 0.3) is 0 Å². The van der Waals surface area contributed by atoms with Crippen LogP contribution in [-0.2, 0) is 20.0 Å². The summed E-state index contributed by atoms with van der Waals surface area (Å²) >= 11 is 0. The SMILES string of the molecule is COc1cc(CNC(=O)N[C@H](C)Cc2c(C)nn(C)c2C)ccn1. The molecule has 24 heavy (non-hydrogen) atoms. The minimum Gasteiger partial charge on any atom is -0.481 e. The summed E-state index contributed by atoms with van der Waals surface area (Å²) < 4.78 is 6.94. The number of carbonyl (C=O) groups excluding carboxylic acids is 1. The van der Waals surface area contributed by atoms with Crippen molar-refractivity contribution in [1.29, 1.82) is 0 Å². The topological polar surface area (TPSA) is 81.1 Å². The predicted octanol–water partition coefficient (Wildman–Crippen LogP) is 1.87. The third-order valence-electron chi connectivity index (χ3n) is 4.01. The second kappa shape index (κ2) is 7.81. The number of nitrogens with zero attached hydrogens (tertiary/aromatic N) is 3. The summed E-state index contributed by atoms with van der Waals surface area (Å²) in [4.78, 5) is 16.1. The number of rotatable bonds is 6. The van der Waals surface area contributed by atoms with E-state index >= 15 is 0 Å². The van der Waals surface area contributed by atoms with Crippen LogP contribution < -0.4 is 15.4 Å². The van der Waals surface area contributed by atoms with Gasteiger partial charge in [0.25, 0.3) is 0 Å². The lowest BCUT2D eigenvalue weighted by Gasteiger charge is -2.15. The highest BCUT2D eigenvalue weighted by molar-refractivity contribution is 5.74. The highest BCUT2D eigenvalue weighted by Gasteiger charge is 2.14. The Morgan fingerprint density at radius 1 is 1.42 bits per heavy atom. The van der Waals surface area contributed by atoms with Crippen molar-refractivity contribution in [3.05, 3.63) is 40.8 Å². The van der Waals surface area contributed by atoms with Gasteiger partial charge in [-0.3, -0.25) is 4.68 Å². The summed E-state index contributed by atoms with van der Waals surface area (Å²) in [7, 11) is 3.50. The van der Waals surface area contributed by atoms with Gasteiger partial charge in [0, 0.05) is 37.6 Å². The van der Waals surface area contributed by atoms with Crippen molar-refractivity contribution in [2.24, 2.45) is 7.05 Å². The minimum atomic E-state index is -0.197. The Bertz CT molecular complexity index is 711. The maximum atomic E-state index is 12.1. The summed E-state index contributed by atoms with van der Waals surface area (Å²) in [6.45, 7) is 6.44. The molecule has 0 aliphatic carbocycles. The van der Waals surface area contributed by atoms with Gasteiger partial charge in [-0.05, 0) is 44.4 Å². The van der Waals surface area contributed by atoms with Gasteiger partial charge in [0.1, 0.15) is 0 Å². The molecule has 0 unspecified atom stereocenters. The fourth-order valence-corrected chi connectivity index (χ4v) is 2.60. The first kappa shape index (κ1) is 17.8. The van der Waals surface area contributed by atoms with E-state index in [-0.39, 0.29) is 12.1 Å². The molecule has 2 aromatic heterocycles. The van der Waals surface area contributed by atoms with Crippen LogP contribution in [0.3, 0.4) is 0 Å². The van der Waals surface area contributed by atoms with E-state index in [1.54, 1.807) is 19.4 Å². The Morgan fingerprint density at radius 2 is 2.17 bits per heavy atom. The second-order valence-electron chi connectivity index (χ2n) is 5.91. The normalized spacial score (nSPS) is 11.9. The van der Waals surface area contributed by atoms with Gasteiger partial charge >= 0.3 is 6.03 Å². The molecule has 2 rings (SSSR count). The predicted molar refractivity (Wildman–Crippen MR) is 92.0 cm³/mol. The molecule has 2 aromatic rings. The number of carbonyl (C=O) groups is 1. The third kappa shape index (κ3) is 4.47. The van der Waals surface area contributed by atoms with Gasteiger partial charge in [-0.1, -0.05) is 0 Å². The van der Waals surface area contributed by atoms with Crippen LogP contribution in [0.5, 0.6) is 5.88 Å². The molecule has 0 aliphatic rings. The zero-order valence-corrected chi connectivity index (χ0v) is 14.9. The standard InChI is InChI=1S/C17H25N5O2/c1-11(8-15-12(2)21-22(4)13(15)3)20-17(23)19-10-14-6-7-18-16(9-14)24-5/h6-7,9,11H,8,10H2,1-5H3,(H2,19,20,23)/t11-/m1/s1. The molecular weight excluding hydrogens is 306 g/mol. The average molecular weight is 331 g/mol. The molecule has 0 aliphatic heterocycles. The number of urea groups is 1. The molecule has 0 spiro atoms. The van der Waals surface area contributed by atoms with E-state index in [4.69, 9.17) is 4.74 Å². The molecule has 0 saturated carbocycles. The zero-order chi connectivity index (χ0) is 17.7. The van der Waals surface area contributed by atoms with Gasteiger partial charge < -0.3 is 15.4 Å². The van der Waals surface area contributed by atoms with E-state index in [9.17, 15) is 4.79 Å². The summed E-state index contributed by atoms with van der Waals surface area (Å²) in [5.41, 5.74) is 4.26. The zero-order valence-electron chi connectivity index (χ0n) is 14.9. The number of methoxy groups -OCH3 is 1. The Labute approximate surface area is 142 Å². The van der Waals surface area contributed by atoms with Gasteiger partial charge in [0.15, 0.2) is 0 Å². The smallest absolute Gasteiger partial charge is 0.315 e. The first-order chi connectivity index (χ1) is 11.4. The van der Waals surface area contributed by atoms with Crippen molar-refractivity contribution in [2.45, 2.75) is 39.8 Å². The molecule has 0 fully saturated rings.